The van der Waals surface area contributed by atoms with Crippen molar-refractivity contribution in [3.63, 3.8) is 0 Å². The molecule has 0 saturated heterocycles. The Morgan fingerprint density at radius 1 is 0.667 bits per heavy atom. The number of thiophene rings is 1. The van der Waals surface area contributed by atoms with Crippen LogP contribution in [0, 0.1) is 0 Å². The quantitative estimate of drug-likeness (QED) is 0.353. The lowest BCUT2D eigenvalue weighted by Crippen LogP contribution is -2.11. The first kappa shape index (κ1) is 20.7. The van der Waals surface area contributed by atoms with E-state index in [9.17, 15) is 0 Å². The molecule has 1 aromatic heterocycles. The Balaban J connectivity index is 1.82. The Kier molecular flexibility index (Phi) is 5.23. The summed E-state index contributed by atoms with van der Waals surface area (Å²) in [4.78, 5) is 0. The molecular formula is C28H31NS. The average molecular weight is 414 g/mol. The van der Waals surface area contributed by atoms with Gasteiger partial charge in [-0.15, -0.1) is 11.3 Å². The molecular weight excluding hydrogens is 382 g/mol. The van der Waals surface area contributed by atoms with Gasteiger partial charge in [-0.2, -0.15) is 0 Å². The number of benzene rings is 3. The molecule has 1 heterocycles. The Morgan fingerprint density at radius 2 is 1.30 bits per heavy atom. The van der Waals surface area contributed by atoms with E-state index in [2.05, 4.69) is 119 Å². The van der Waals surface area contributed by atoms with Crippen LogP contribution in [0.2, 0.25) is 0 Å². The zero-order valence-electron chi connectivity index (χ0n) is 18.8. The van der Waals surface area contributed by atoms with E-state index in [4.69, 9.17) is 0 Å². The number of hydrogen-bond acceptors (Lipinski definition) is 2. The molecule has 0 fully saturated rings. The van der Waals surface area contributed by atoms with Crippen molar-refractivity contribution < 1.29 is 0 Å². The molecule has 0 atom stereocenters. The first-order valence-corrected chi connectivity index (χ1v) is 11.5. The minimum absolute atomic E-state index is 0.110. The number of hydrogen-bond donors (Lipinski definition) is 1. The van der Waals surface area contributed by atoms with Gasteiger partial charge in [0.25, 0.3) is 0 Å². The van der Waals surface area contributed by atoms with E-state index in [1.807, 2.05) is 0 Å². The van der Waals surface area contributed by atoms with Gasteiger partial charge in [-0.25, -0.2) is 0 Å². The third kappa shape index (κ3) is 4.15. The van der Waals surface area contributed by atoms with Crippen LogP contribution < -0.4 is 5.32 Å². The van der Waals surface area contributed by atoms with Gasteiger partial charge in [-0.1, -0.05) is 84.0 Å². The van der Waals surface area contributed by atoms with Gasteiger partial charge in [0, 0.05) is 26.7 Å². The molecule has 0 spiro atoms. The second-order valence-electron chi connectivity index (χ2n) is 10.1. The SMILES string of the molecule is CC(C)(C)c1ccc(Nc2csc3ccc(C(C)(C)C)cc23)c(-c2ccccc2)c1. The second kappa shape index (κ2) is 7.59. The van der Waals surface area contributed by atoms with Crippen molar-refractivity contribution in [3.05, 3.63) is 83.2 Å². The average Bonchev–Trinajstić information content (AvgIpc) is 3.09. The Labute approximate surface area is 184 Å². The van der Waals surface area contributed by atoms with E-state index in [0.29, 0.717) is 0 Å². The molecule has 0 radical (unpaired) electrons. The summed E-state index contributed by atoms with van der Waals surface area (Å²) in [5.41, 5.74) is 7.77. The summed E-state index contributed by atoms with van der Waals surface area (Å²) in [6.45, 7) is 13.6. The van der Waals surface area contributed by atoms with Crippen molar-refractivity contribution in [1.29, 1.82) is 0 Å². The van der Waals surface area contributed by atoms with E-state index in [1.54, 1.807) is 11.3 Å². The number of fused-ring (bicyclic) bond motifs is 1. The van der Waals surface area contributed by atoms with Crippen LogP contribution in [0.1, 0.15) is 52.7 Å². The van der Waals surface area contributed by atoms with E-state index < -0.39 is 0 Å². The first-order chi connectivity index (χ1) is 14.1. The lowest BCUT2D eigenvalue weighted by Gasteiger charge is -2.22. The molecule has 4 aromatic rings. The molecule has 0 amide bonds. The number of nitrogens with one attached hydrogen (secondary N) is 1. The fraction of sp³-hybridized carbons (Fsp3) is 0.286. The maximum Gasteiger partial charge on any atom is 0.0573 e. The third-order valence-electron chi connectivity index (χ3n) is 5.68. The summed E-state index contributed by atoms with van der Waals surface area (Å²) >= 11 is 1.80. The minimum Gasteiger partial charge on any atom is -0.354 e. The van der Waals surface area contributed by atoms with Crippen molar-refractivity contribution in [1.82, 2.24) is 0 Å². The van der Waals surface area contributed by atoms with Crippen molar-refractivity contribution in [2.75, 3.05) is 5.32 Å². The van der Waals surface area contributed by atoms with Gasteiger partial charge in [0.1, 0.15) is 0 Å². The monoisotopic (exact) mass is 413 g/mol. The second-order valence-corrected chi connectivity index (χ2v) is 11.0. The van der Waals surface area contributed by atoms with Gasteiger partial charge in [0.2, 0.25) is 0 Å². The van der Waals surface area contributed by atoms with Gasteiger partial charge in [0.15, 0.2) is 0 Å². The van der Waals surface area contributed by atoms with Crippen molar-refractivity contribution in [3.8, 4) is 11.1 Å². The predicted molar refractivity (Wildman–Crippen MR) is 134 cm³/mol. The van der Waals surface area contributed by atoms with Crippen LogP contribution in [0.3, 0.4) is 0 Å². The van der Waals surface area contributed by atoms with Gasteiger partial charge in [0.05, 0.1) is 5.69 Å². The highest BCUT2D eigenvalue weighted by molar-refractivity contribution is 7.17. The molecule has 154 valence electrons. The highest BCUT2D eigenvalue weighted by atomic mass is 32.1. The highest BCUT2D eigenvalue weighted by Gasteiger charge is 2.18. The van der Waals surface area contributed by atoms with Crippen molar-refractivity contribution in [2.45, 2.75) is 52.4 Å². The molecule has 0 saturated carbocycles. The van der Waals surface area contributed by atoms with Crippen LogP contribution in [-0.4, -0.2) is 0 Å². The van der Waals surface area contributed by atoms with Crippen LogP contribution >= 0.6 is 11.3 Å². The fourth-order valence-corrected chi connectivity index (χ4v) is 4.59. The summed E-state index contributed by atoms with van der Waals surface area (Å²) in [5.74, 6) is 0. The normalized spacial score (nSPS) is 12.3. The summed E-state index contributed by atoms with van der Waals surface area (Å²) in [7, 11) is 0. The molecule has 1 nitrogen and oxygen atoms in total. The van der Waals surface area contributed by atoms with E-state index in [-0.39, 0.29) is 10.8 Å². The maximum absolute atomic E-state index is 3.76. The number of rotatable bonds is 3. The molecule has 0 unspecified atom stereocenters. The fourth-order valence-electron chi connectivity index (χ4n) is 3.71. The van der Waals surface area contributed by atoms with Gasteiger partial charge >= 0.3 is 0 Å². The van der Waals surface area contributed by atoms with Crippen LogP contribution in [-0.2, 0) is 10.8 Å². The number of anilines is 2. The highest BCUT2D eigenvalue weighted by Crippen LogP contribution is 2.39. The maximum atomic E-state index is 3.76. The van der Waals surface area contributed by atoms with Gasteiger partial charge < -0.3 is 5.32 Å². The van der Waals surface area contributed by atoms with Crippen LogP contribution in [0.4, 0.5) is 11.4 Å². The molecule has 3 aromatic carbocycles. The molecule has 0 aliphatic carbocycles. The van der Waals surface area contributed by atoms with E-state index >= 15 is 0 Å². The first-order valence-electron chi connectivity index (χ1n) is 10.6. The predicted octanol–water partition coefficient (Wildman–Crippen LogP) is 8.91. The van der Waals surface area contributed by atoms with Crippen molar-refractivity contribution in [2.24, 2.45) is 0 Å². The molecule has 0 aliphatic heterocycles. The standard InChI is InChI=1S/C28H31NS/c1-27(2,3)20-12-14-24(22(16-20)19-10-8-7-9-11-19)29-25-18-30-26-15-13-21(17-23(25)26)28(4,5)6/h7-18,29H,1-6H3. The molecule has 30 heavy (non-hydrogen) atoms. The zero-order chi connectivity index (χ0) is 21.5. The third-order valence-corrected chi connectivity index (χ3v) is 6.64. The largest absolute Gasteiger partial charge is 0.354 e. The van der Waals surface area contributed by atoms with Crippen LogP contribution in [0.15, 0.2) is 72.1 Å². The lowest BCUT2D eigenvalue weighted by atomic mass is 9.85. The van der Waals surface area contributed by atoms with E-state index in [0.717, 1.165) is 5.69 Å². The van der Waals surface area contributed by atoms with Crippen molar-refractivity contribution >= 4 is 32.8 Å². The molecule has 0 aliphatic rings. The Morgan fingerprint density at radius 3 is 1.97 bits per heavy atom. The van der Waals surface area contributed by atoms with E-state index in [1.165, 1.54) is 38.0 Å². The molecule has 4 rings (SSSR count). The smallest absolute Gasteiger partial charge is 0.0573 e. The Bertz CT molecular complexity index is 1170. The zero-order valence-corrected chi connectivity index (χ0v) is 19.7. The Hall–Kier alpha value is -2.58. The topological polar surface area (TPSA) is 12.0 Å². The van der Waals surface area contributed by atoms with Crippen LogP contribution in [0.25, 0.3) is 21.2 Å². The van der Waals surface area contributed by atoms with Gasteiger partial charge in [-0.3, -0.25) is 0 Å². The van der Waals surface area contributed by atoms with Gasteiger partial charge in [-0.05, 0) is 51.8 Å². The summed E-state index contributed by atoms with van der Waals surface area (Å²) in [6, 6.07) is 24.4. The molecule has 2 heteroatoms. The molecule has 0 bridgehead atoms. The lowest BCUT2D eigenvalue weighted by molar-refractivity contribution is 0.590. The molecule has 1 N–H and O–H groups in total. The summed E-state index contributed by atoms with van der Waals surface area (Å²) in [6.07, 6.45) is 0. The summed E-state index contributed by atoms with van der Waals surface area (Å²) in [5, 5.41) is 7.30. The summed E-state index contributed by atoms with van der Waals surface area (Å²) < 4.78 is 1.32. The van der Waals surface area contributed by atoms with Crippen LogP contribution in [0.5, 0.6) is 0 Å². The minimum atomic E-state index is 0.110.